The minimum Gasteiger partial charge on any atom is -0.453 e. The number of amides is 1. The molecule has 1 N–H and O–H groups in total. The van der Waals surface area contributed by atoms with Crippen LogP contribution < -0.4 is 5.32 Å². The van der Waals surface area contributed by atoms with Crippen LogP contribution in [0.2, 0.25) is 0 Å². The molecule has 116 valence electrons. The number of aryl methyl sites for hydroxylation is 1. The van der Waals surface area contributed by atoms with Crippen molar-refractivity contribution in [2.75, 3.05) is 5.32 Å². The number of carbonyl (C=O) groups is 2. The second-order valence-electron chi connectivity index (χ2n) is 4.76. The monoisotopic (exact) mass is 381 g/mol. The lowest BCUT2D eigenvalue weighted by atomic mass is 10.2. The number of ether oxygens (including phenoxy) is 1. The van der Waals surface area contributed by atoms with E-state index >= 15 is 0 Å². The van der Waals surface area contributed by atoms with E-state index in [4.69, 9.17) is 4.74 Å². The Hall–Kier alpha value is -1.66. The molecule has 0 saturated heterocycles. The molecule has 0 aliphatic rings. The van der Waals surface area contributed by atoms with Crippen LogP contribution in [0, 0.1) is 0 Å². The highest BCUT2D eigenvalue weighted by atomic mass is 79.9. The Bertz CT molecular complexity index is 625. The van der Waals surface area contributed by atoms with Gasteiger partial charge in [0.2, 0.25) is 0 Å². The van der Waals surface area contributed by atoms with Crippen molar-refractivity contribution >= 4 is 44.8 Å². The summed E-state index contributed by atoms with van der Waals surface area (Å²) in [4.78, 5) is 23.7. The van der Waals surface area contributed by atoms with Crippen LogP contribution >= 0.6 is 27.3 Å². The number of carbonyl (C=O) groups excluding carboxylic acids is 2. The molecule has 0 bridgehead atoms. The molecule has 1 atom stereocenters. The molecule has 1 heterocycles. The zero-order chi connectivity index (χ0) is 15.9. The first-order chi connectivity index (χ1) is 10.5. The van der Waals surface area contributed by atoms with Gasteiger partial charge in [-0.2, -0.15) is 11.3 Å². The molecule has 0 fully saturated rings. The van der Waals surface area contributed by atoms with Gasteiger partial charge in [0.15, 0.2) is 6.10 Å². The third kappa shape index (κ3) is 5.27. The summed E-state index contributed by atoms with van der Waals surface area (Å²) in [6.07, 6.45) is 0.0781. The number of nitrogens with one attached hydrogen (secondary N) is 1. The molecule has 1 amide bonds. The highest BCUT2D eigenvalue weighted by Gasteiger charge is 2.17. The third-order valence-electron chi connectivity index (χ3n) is 2.99. The van der Waals surface area contributed by atoms with Crippen LogP contribution in [0.4, 0.5) is 5.69 Å². The fourth-order valence-electron chi connectivity index (χ4n) is 1.77. The molecule has 6 heteroatoms. The maximum atomic E-state index is 12.0. The Kier molecular flexibility index (Phi) is 6.15. The van der Waals surface area contributed by atoms with Crippen molar-refractivity contribution < 1.29 is 14.3 Å². The van der Waals surface area contributed by atoms with Crippen molar-refractivity contribution in [2.45, 2.75) is 25.9 Å². The van der Waals surface area contributed by atoms with Gasteiger partial charge in [-0.1, -0.05) is 15.9 Å². The summed E-state index contributed by atoms with van der Waals surface area (Å²) in [5.41, 5.74) is 1.77. The molecule has 0 aliphatic heterocycles. The lowest BCUT2D eigenvalue weighted by Crippen LogP contribution is -2.30. The Morgan fingerprint density at radius 1 is 1.27 bits per heavy atom. The van der Waals surface area contributed by atoms with Gasteiger partial charge in [0.1, 0.15) is 0 Å². The molecule has 22 heavy (non-hydrogen) atoms. The van der Waals surface area contributed by atoms with Gasteiger partial charge in [0.25, 0.3) is 5.91 Å². The summed E-state index contributed by atoms with van der Waals surface area (Å²) in [5.74, 6) is -0.712. The zero-order valence-electron chi connectivity index (χ0n) is 12.0. The molecule has 4 nitrogen and oxygen atoms in total. The second kappa shape index (κ2) is 8.10. The Labute approximate surface area is 141 Å². The number of anilines is 1. The van der Waals surface area contributed by atoms with Gasteiger partial charge in [0, 0.05) is 16.6 Å². The fraction of sp³-hybridized carbons (Fsp3) is 0.250. The van der Waals surface area contributed by atoms with E-state index in [1.54, 1.807) is 30.4 Å². The van der Waals surface area contributed by atoms with Crippen LogP contribution in [0.5, 0.6) is 0 Å². The molecular weight excluding hydrogens is 366 g/mol. The van der Waals surface area contributed by atoms with E-state index in [1.807, 2.05) is 29.0 Å². The van der Waals surface area contributed by atoms with Gasteiger partial charge < -0.3 is 10.1 Å². The highest BCUT2D eigenvalue weighted by Crippen LogP contribution is 2.15. The van der Waals surface area contributed by atoms with Crippen LogP contribution in [-0.4, -0.2) is 18.0 Å². The maximum absolute atomic E-state index is 12.0. The number of halogens is 1. The van der Waals surface area contributed by atoms with Gasteiger partial charge in [0.05, 0.1) is 0 Å². The van der Waals surface area contributed by atoms with E-state index in [9.17, 15) is 9.59 Å². The molecular formula is C16H16BrNO3S. The van der Waals surface area contributed by atoms with Crippen LogP contribution in [-0.2, 0) is 20.7 Å². The molecule has 0 saturated carbocycles. The van der Waals surface area contributed by atoms with Gasteiger partial charge in [-0.3, -0.25) is 9.59 Å². The summed E-state index contributed by atoms with van der Waals surface area (Å²) in [6, 6.07) is 9.17. The second-order valence-corrected chi connectivity index (χ2v) is 6.46. The lowest BCUT2D eigenvalue weighted by molar-refractivity contribution is -0.153. The quantitative estimate of drug-likeness (QED) is 0.768. The number of esters is 1. The zero-order valence-corrected chi connectivity index (χ0v) is 14.4. The Morgan fingerprint density at radius 2 is 2.00 bits per heavy atom. The van der Waals surface area contributed by atoms with Crippen LogP contribution in [0.15, 0.2) is 45.6 Å². The van der Waals surface area contributed by atoms with Crippen LogP contribution in [0.3, 0.4) is 0 Å². The van der Waals surface area contributed by atoms with Crippen molar-refractivity contribution in [3.8, 4) is 0 Å². The molecule has 0 aliphatic carbocycles. The number of hydrogen-bond donors (Lipinski definition) is 1. The topological polar surface area (TPSA) is 55.4 Å². The maximum Gasteiger partial charge on any atom is 0.306 e. The van der Waals surface area contributed by atoms with Crippen LogP contribution in [0.1, 0.15) is 18.9 Å². The number of hydrogen-bond acceptors (Lipinski definition) is 4. The molecule has 2 aromatic rings. The third-order valence-corrected chi connectivity index (χ3v) is 4.25. The lowest BCUT2D eigenvalue weighted by Gasteiger charge is -2.13. The van der Waals surface area contributed by atoms with Crippen molar-refractivity contribution in [2.24, 2.45) is 0 Å². The Morgan fingerprint density at radius 3 is 2.64 bits per heavy atom. The van der Waals surface area contributed by atoms with E-state index in [-0.39, 0.29) is 18.3 Å². The standard InChI is InChI=1S/C16H16BrNO3S/c1-11(16(20)18-14-5-3-13(17)4-6-14)21-15(19)7-2-12-8-9-22-10-12/h3-6,8-11H,2,7H2,1H3,(H,18,20)/t11-/m0/s1. The first kappa shape index (κ1) is 16.7. The Balaban J connectivity index is 1.77. The van der Waals surface area contributed by atoms with Crippen LogP contribution in [0.25, 0.3) is 0 Å². The average molecular weight is 382 g/mol. The molecule has 1 aromatic heterocycles. The van der Waals surface area contributed by atoms with Crippen molar-refractivity contribution in [3.05, 3.63) is 51.1 Å². The molecule has 2 rings (SSSR count). The van der Waals surface area contributed by atoms with Gasteiger partial charge >= 0.3 is 5.97 Å². The van der Waals surface area contributed by atoms with Crippen molar-refractivity contribution in [1.29, 1.82) is 0 Å². The van der Waals surface area contributed by atoms with Crippen molar-refractivity contribution in [3.63, 3.8) is 0 Å². The smallest absolute Gasteiger partial charge is 0.306 e. The highest BCUT2D eigenvalue weighted by molar-refractivity contribution is 9.10. The predicted octanol–water partition coefficient (Wildman–Crippen LogP) is 4.01. The summed E-state index contributed by atoms with van der Waals surface area (Å²) in [7, 11) is 0. The molecule has 1 aromatic carbocycles. The van der Waals surface area contributed by atoms with E-state index in [0.717, 1.165) is 10.0 Å². The molecule has 0 radical (unpaired) electrons. The van der Waals surface area contributed by atoms with Gasteiger partial charge in [-0.25, -0.2) is 0 Å². The number of benzene rings is 1. The first-order valence-corrected chi connectivity index (χ1v) is 8.55. The summed E-state index contributed by atoms with van der Waals surface area (Å²) < 4.78 is 6.08. The molecule has 0 unspecified atom stereocenters. The largest absolute Gasteiger partial charge is 0.453 e. The van der Waals surface area contributed by atoms with E-state index in [2.05, 4.69) is 21.2 Å². The van der Waals surface area contributed by atoms with E-state index in [1.165, 1.54) is 0 Å². The fourth-order valence-corrected chi connectivity index (χ4v) is 2.74. The normalized spacial score (nSPS) is 11.7. The van der Waals surface area contributed by atoms with Gasteiger partial charge in [-0.05, 0) is 60.0 Å². The van der Waals surface area contributed by atoms with Gasteiger partial charge in [-0.15, -0.1) is 0 Å². The minimum absolute atomic E-state index is 0.270. The minimum atomic E-state index is -0.821. The average Bonchev–Trinajstić information content (AvgIpc) is 3.01. The number of thiophene rings is 1. The predicted molar refractivity (Wildman–Crippen MR) is 91.0 cm³/mol. The summed E-state index contributed by atoms with van der Waals surface area (Å²) >= 11 is 4.92. The van der Waals surface area contributed by atoms with E-state index < -0.39 is 6.10 Å². The summed E-state index contributed by atoms with van der Waals surface area (Å²) in [6.45, 7) is 1.57. The summed E-state index contributed by atoms with van der Waals surface area (Å²) in [5, 5.41) is 6.67. The number of rotatable bonds is 6. The first-order valence-electron chi connectivity index (χ1n) is 6.81. The molecule has 0 spiro atoms. The van der Waals surface area contributed by atoms with E-state index in [0.29, 0.717) is 12.1 Å². The van der Waals surface area contributed by atoms with Crippen molar-refractivity contribution in [1.82, 2.24) is 0 Å². The SMILES string of the molecule is C[C@H](OC(=O)CCc1ccsc1)C(=O)Nc1ccc(Br)cc1.